The van der Waals surface area contributed by atoms with Crippen LogP contribution in [-0.2, 0) is 27.2 Å². The fourth-order valence-corrected chi connectivity index (χ4v) is 7.07. The van der Waals surface area contributed by atoms with Gasteiger partial charge in [0, 0.05) is 44.1 Å². The molecule has 3 saturated heterocycles. The van der Waals surface area contributed by atoms with Crippen molar-refractivity contribution in [3.63, 3.8) is 0 Å². The molecule has 3 atom stereocenters. The maximum absolute atomic E-state index is 13.9. The van der Waals surface area contributed by atoms with E-state index < -0.39 is 23.2 Å². The molecule has 0 N–H and O–H groups in total. The molecule has 6 rings (SSSR count). The van der Waals surface area contributed by atoms with Crippen molar-refractivity contribution in [2.24, 2.45) is 5.41 Å². The Morgan fingerprint density at radius 2 is 1.95 bits per heavy atom. The molecule has 2 aromatic rings. The van der Waals surface area contributed by atoms with Gasteiger partial charge in [-0.3, -0.25) is 19.3 Å². The molecule has 1 aromatic carbocycles. The maximum atomic E-state index is 13.9. The number of hydrogen-bond acceptors (Lipinski definition) is 9. The number of nitriles is 1. The Bertz CT molecular complexity index is 1530. The molecule has 12 heteroatoms. The molecule has 3 aliphatic heterocycles. The van der Waals surface area contributed by atoms with Crippen LogP contribution in [-0.4, -0.2) is 89.4 Å². The zero-order valence-corrected chi connectivity index (χ0v) is 24.9. The van der Waals surface area contributed by atoms with Crippen LogP contribution in [0.15, 0.2) is 42.7 Å². The second-order valence-corrected chi connectivity index (χ2v) is 12.2. The van der Waals surface area contributed by atoms with Crippen molar-refractivity contribution in [3.8, 4) is 12.1 Å². The molecule has 4 heterocycles. The molecule has 1 spiro atoms. The number of carbonyl (C=O) groups excluding carboxylic acids is 3. The number of amides is 3. The van der Waals surface area contributed by atoms with E-state index >= 15 is 0 Å². The van der Waals surface area contributed by atoms with E-state index in [0.717, 1.165) is 24.9 Å². The van der Waals surface area contributed by atoms with Crippen molar-refractivity contribution >= 4 is 29.2 Å². The number of benzene rings is 1. The lowest BCUT2D eigenvalue weighted by atomic mass is 9.72. The average molecular weight is 602 g/mol. The Kier molecular flexibility index (Phi) is 8.07. The maximum Gasteiger partial charge on any atom is 0.318 e. The second kappa shape index (κ2) is 12.0. The molecule has 4 aliphatic rings. The molecule has 11 nitrogen and oxygen atoms in total. The van der Waals surface area contributed by atoms with E-state index in [0.29, 0.717) is 43.2 Å². The van der Waals surface area contributed by atoms with Crippen LogP contribution in [0.3, 0.4) is 0 Å². The summed E-state index contributed by atoms with van der Waals surface area (Å²) in [7, 11) is 2.06. The highest BCUT2D eigenvalue weighted by molar-refractivity contribution is 6.22. The van der Waals surface area contributed by atoms with E-state index in [-0.39, 0.29) is 56.2 Å². The van der Waals surface area contributed by atoms with Gasteiger partial charge in [0.15, 0.2) is 5.83 Å². The normalized spacial score (nSPS) is 25.3. The smallest absolute Gasteiger partial charge is 0.318 e. The van der Waals surface area contributed by atoms with Gasteiger partial charge >= 0.3 is 6.01 Å². The number of rotatable bonds is 7. The number of piperazine rings is 1. The van der Waals surface area contributed by atoms with Crippen LogP contribution < -0.4 is 14.5 Å². The fourth-order valence-electron chi connectivity index (χ4n) is 7.07. The first-order valence-corrected chi connectivity index (χ1v) is 15.1. The number of anilines is 2. The molecule has 3 fully saturated rings. The number of hydrogen-bond donors (Lipinski definition) is 0. The van der Waals surface area contributed by atoms with Gasteiger partial charge in [-0.15, -0.1) is 0 Å². The fraction of sp³-hybridized carbons (Fsp3) is 0.500. The van der Waals surface area contributed by atoms with Gasteiger partial charge in [0.1, 0.15) is 12.4 Å². The Hall–Kier alpha value is -4.37. The summed E-state index contributed by atoms with van der Waals surface area (Å²) in [5.74, 6) is -1.69. The second-order valence-electron chi connectivity index (χ2n) is 12.2. The Morgan fingerprint density at radius 3 is 2.66 bits per heavy atom. The Morgan fingerprint density at radius 1 is 1.16 bits per heavy atom. The molecule has 3 unspecified atom stereocenters. The molecule has 0 bridgehead atoms. The predicted molar refractivity (Wildman–Crippen MR) is 159 cm³/mol. The van der Waals surface area contributed by atoms with Crippen LogP contribution >= 0.6 is 0 Å². The summed E-state index contributed by atoms with van der Waals surface area (Å²) >= 11 is 0. The molecule has 0 radical (unpaired) electrons. The molecule has 1 aliphatic carbocycles. The summed E-state index contributed by atoms with van der Waals surface area (Å²) in [4.78, 5) is 56.1. The van der Waals surface area contributed by atoms with E-state index in [4.69, 9.17) is 14.7 Å². The van der Waals surface area contributed by atoms with Crippen LogP contribution in [0.4, 0.5) is 15.9 Å². The summed E-state index contributed by atoms with van der Waals surface area (Å²) in [6, 6.07) is 11.0. The quantitative estimate of drug-likeness (QED) is 0.348. The van der Waals surface area contributed by atoms with E-state index in [1.54, 1.807) is 24.3 Å². The van der Waals surface area contributed by atoms with E-state index in [9.17, 15) is 24.0 Å². The van der Waals surface area contributed by atoms with Crippen LogP contribution in [0.25, 0.3) is 0 Å². The predicted octanol–water partition coefficient (Wildman–Crippen LogP) is 2.80. The zero-order chi connectivity index (χ0) is 31.0. The number of nitrogens with zero attached hydrogens (tertiary/aromatic N) is 7. The first kappa shape index (κ1) is 29.7. The first-order valence-electron chi connectivity index (χ1n) is 15.1. The van der Waals surface area contributed by atoms with Gasteiger partial charge in [-0.2, -0.15) is 15.2 Å². The van der Waals surface area contributed by atoms with Crippen molar-refractivity contribution in [2.75, 3.05) is 49.6 Å². The molecule has 230 valence electrons. The number of carbonyl (C=O) groups is 3. The number of imide groups is 1. The Labute approximate surface area is 255 Å². The molecule has 0 saturated carbocycles. The number of para-hydroxylation sites is 1. The van der Waals surface area contributed by atoms with Crippen LogP contribution in [0.5, 0.6) is 6.01 Å². The minimum Gasteiger partial charge on any atom is -0.462 e. The summed E-state index contributed by atoms with van der Waals surface area (Å²) in [6.45, 7) is 5.38. The minimum atomic E-state index is -1.06. The average Bonchev–Trinajstić information content (AvgIpc) is 3.53. The number of likely N-dealkylation sites (tertiary alicyclic amines) is 1. The largest absolute Gasteiger partial charge is 0.462 e. The third-order valence-corrected chi connectivity index (χ3v) is 9.50. The van der Waals surface area contributed by atoms with Gasteiger partial charge < -0.3 is 19.4 Å². The number of ether oxygens (including phenoxy) is 1. The van der Waals surface area contributed by atoms with Crippen molar-refractivity contribution in [1.82, 2.24) is 19.8 Å². The van der Waals surface area contributed by atoms with Gasteiger partial charge in [-0.1, -0.05) is 24.8 Å². The molecule has 44 heavy (non-hydrogen) atoms. The van der Waals surface area contributed by atoms with Gasteiger partial charge in [0.2, 0.25) is 11.8 Å². The van der Waals surface area contributed by atoms with Crippen molar-refractivity contribution in [1.29, 1.82) is 5.26 Å². The van der Waals surface area contributed by atoms with Crippen molar-refractivity contribution < 1.29 is 23.5 Å². The standard InChI is InChI=1S/C32H36FN7O4/c1-21(33)29(42)39-16-15-38(19-23(39)11-13-34)28-25-10-12-32(18-27(41)40(30(32)43)22-7-4-3-5-8-22)17-26(25)35-31(36-28)44-20-24-9-6-14-37(24)2/h3-5,7-8,23-24H,1,6,9-12,14-20H2,2H3. The van der Waals surface area contributed by atoms with Gasteiger partial charge in [-0.25, -0.2) is 4.39 Å². The van der Waals surface area contributed by atoms with E-state index in [1.807, 2.05) is 11.0 Å². The summed E-state index contributed by atoms with van der Waals surface area (Å²) in [5, 5.41) is 9.48. The molecule has 3 amide bonds. The monoisotopic (exact) mass is 601 g/mol. The minimum absolute atomic E-state index is 0.0230. The van der Waals surface area contributed by atoms with E-state index in [1.165, 1.54) is 9.80 Å². The lowest BCUT2D eigenvalue weighted by Gasteiger charge is -2.42. The highest BCUT2D eigenvalue weighted by Crippen LogP contribution is 2.47. The summed E-state index contributed by atoms with van der Waals surface area (Å²) in [6.07, 6.45) is 3.42. The zero-order valence-electron chi connectivity index (χ0n) is 24.9. The molecular weight excluding hydrogens is 565 g/mol. The van der Waals surface area contributed by atoms with Gasteiger partial charge in [0.25, 0.3) is 5.91 Å². The van der Waals surface area contributed by atoms with Gasteiger partial charge in [-0.05, 0) is 51.4 Å². The Balaban J connectivity index is 1.32. The van der Waals surface area contributed by atoms with Crippen LogP contribution in [0, 0.1) is 16.7 Å². The van der Waals surface area contributed by atoms with Crippen LogP contribution in [0.2, 0.25) is 0 Å². The third kappa shape index (κ3) is 5.41. The molecular formula is C32H36FN7O4. The first-order chi connectivity index (χ1) is 21.2. The number of fused-ring (bicyclic) bond motifs is 1. The third-order valence-electron chi connectivity index (χ3n) is 9.50. The highest BCUT2D eigenvalue weighted by atomic mass is 19.1. The molecule has 1 aromatic heterocycles. The topological polar surface area (TPSA) is 123 Å². The summed E-state index contributed by atoms with van der Waals surface area (Å²) in [5.41, 5.74) is 1.18. The van der Waals surface area contributed by atoms with Crippen molar-refractivity contribution in [2.45, 2.75) is 57.0 Å². The number of aromatic nitrogens is 2. The SMILES string of the molecule is C=C(F)C(=O)N1CCN(c2nc(OCC3CCCN3C)nc3c2CCC2(CC(=O)N(c4ccccc4)C2=O)C3)CC1CC#N. The lowest BCUT2D eigenvalue weighted by molar-refractivity contribution is -0.131. The van der Waals surface area contributed by atoms with Gasteiger partial charge in [0.05, 0.1) is 35.3 Å². The number of halogens is 1. The van der Waals surface area contributed by atoms with Crippen molar-refractivity contribution in [3.05, 3.63) is 54.0 Å². The van der Waals surface area contributed by atoms with Crippen LogP contribution in [0.1, 0.15) is 43.4 Å². The van der Waals surface area contributed by atoms with E-state index in [2.05, 4.69) is 24.6 Å². The highest BCUT2D eigenvalue weighted by Gasteiger charge is 2.54. The number of likely N-dealkylation sites (N-methyl/N-ethyl adjacent to an activating group) is 1. The lowest BCUT2D eigenvalue weighted by Crippen LogP contribution is -2.55. The summed E-state index contributed by atoms with van der Waals surface area (Å²) < 4.78 is 20.0.